The molecular weight excluding hydrogens is 366 g/mol. The lowest BCUT2D eigenvalue weighted by Gasteiger charge is -2.18. The topological polar surface area (TPSA) is 62.4 Å². The lowest BCUT2D eigenvalue weighted by atomic mass is 10.3. The van der Waals surface area contributed by atoms with Crippen molar-refractivity contribution in [3.05, 3.63) is 28.7 Å². The second-order valence-corrected chi connectivity index (χ2v) is 6.61. The Kier molecular flexibility index (Phi) is 6.45. The molecule has 0 saturated heterocycles. The summed E-state index contributed by atoms with van der Waals surface area (Å²) in [6.45, 7) is 1.69. The number of amides is 1. The minimum atomic E-state index is -0.622. The molecule has 0 bridgehead atoms. The minimum Gasteiger partial charge on any atom is -0.481 e. The number of carbonyl (C=O) groups excluding carboxylic acids is 1. The molecule has 120 valence electrons. The minimum absolute atomic E-state index is 0.279. The third-order valence-corrected chi connectivity index (χ3v) is 4.23. The summed E-state index contributed by atoms with van der Waals surface area (Å²) < 4.78 is 6.52. The second kappa shape index (κ2) is 8.33. The molecule has 0 aromatic heterocycles. The number of ether oxygens (including phenoxy) is 1. The van der Waals surface area contributed by atoms with E-state index in [2.05, 4.69) is 32.1 Å². The van der Waals surface area contributed by atoms with Crippen LogP contribution in [0.2, 0.25) is 0 Å². The quantitative estimate of drug-likeness (QED) is 0.549. The van der Waals surface area contributed by atoms with E-state index in [9.17, 15) is 4.79 Å². The SMILES string of the molecule is C[C@@H](Oc1ccc(Br)cc1)C(=O)NNC(=S)NC1CCCC1. The zero-order valence-electron chi connectivity index (χ0n) is 12.4. The van der Waals surface area contributed by atoms with E-state index < -0.39 is 6.10 Å². The maximum Gasteiger partial charge on any atom is 0.279 e. The van der Waals surface area contributed by atoms with Gasteiger partial charge >= 0.3 is 0 Å². The molecule has 1 amide bonds. The van der Waals surface area contributed by atoms with Crippen LogP contribution in [0.25, 0.3) is 0 Å². The summed E-state index contributed by atoms with van der Waals surface area (Å²) >= 11 is 8.51. The molecule has 5 nitrogen and oxygen atoms in total. The fourth-order valence-electron chi connectivity index (χ4n) is 2.28. The average molecular weight is 386 g/mol. The molecule has 0 heterocycles. The van der Waals surface area contributed by atoms with Crippen molar-refractivity contribution in [3.8, 4) is 5.75 Å². The Bertz CT molecular complexity index is 518. The van der Waals surface area contributed by atoms with Gasteiger partial charge in [-0.05, 0) is 56.2 Å². The number of rotatable bonds is 4. The van der Waals surface area contributed by atoms with Gasteiger partial charge in [0.2, 0.25) is 0 Å². The van der Waals surface area contributed by atoms with E-state index in [1.165, 1.54) is 12.8 Å². The van der Waals surface area contributed by atoms with Crippen LogP contribution in [0.15, 0.2) is 28.7 Å². The Morgan fingerprint density at radius 1 is 1.27 bits per heavy atom. The van der Waals surface area contributed by atoms with Crippen molar-refractivity contribution in [3.63, 3.8) is 0 Å². The lowest BCUT2D eigenvalue weighted by molar-refractivity contribution is -0.127. The van der Waals surface area contributed by atoms with Crippen LogP contribution in [-0.2, 0) is 4.79 Å². The fraction of sp³-hybridized carbons (Fsp3) is 0.467. The van der Waals surface area contributed by atoms with E-state index in [-0.39, 0.29) is 5.91 Å². The van der Waals surface area contributed by atoms with Gasteiger partial charge in [0.25, 0.3) is 5.91 Å². The van der Waals surface area contributed by atoms with Crippen LogP contribution in [0.5, 0.6) is 5.75 Å². The Hall–Kier alpha value is -1.34. The molecule has 1 fully saturated rings. The number of hydrazine groups is 1. The van der Waals surface area contributed by atoms with Crippen LogP contribution in [0.1, 0.15) is 32.6 Å². The van der Waals surface area contributed by atoms with Crippen molar-refractivity contribution in [2.75, 3.05) is 0 Å². The van der Waals surface area contributed by atoms with Crippen LogP contribution in [-0.4, -0.2) is 23.2 Å². The number of halogens is 1. The van der Waals surface area contributed by atoms with E-state index in [1.807, 2.05) is 12.1 Å². The normalized spacial score (nSPS) is 15.9. The molecule has 1 aromatic carbocycles. The van der Waals surface area contributed by atoms with Gasteiger partial charge < -0.3 is 10.1 Å². The summed E-state index contributed by atoms with van der Waals surface area (Å²) in [5.74, 6) is 0.357. The highest BCUT2D eigenvalue weighted by Gasteiger charge is 2.17. The average Bonchev–Trinajstić information content (AvgIpc) is 3.00. The molecule has 1 saturated carbocycles. The van der Waals surface area contributed by atoms with Crippen LogP contribution >= 0.6 is 28.1 Å². The Labute approximate surface area is 144 Å². The number of nitrogens with one attached hydrogen (secondary N) is 3. The van der Waals surface area contributed by atoms with Crippen molar-refractivity contribution in [2.24, 2.45) is 0 Å². The number of thiocarbonyl (C=S) groups is 1. The van der Waals surface area contributed by atoms with Gasteiger partial charge in [-0.1, -0.05) is 28.8 Å². The molecule has 1 aliphatic rings. The summed E-state index contributed by atoms with van der Waals surface area (Å²) in [4.78, 5) is 12.0. The molecule has 0 unspecified atom stereocenters. The summed E-state index contributed by atoms with van der Waals surface area (Å²) in [5, 5.41) is 3.63. The van der Waals surface area contributed by atoms with E-state index >= 15 is 0 Å². The molecule has 22 heavy (non-hydrogen) atoms. The molecule has 1 atom stereocenters. The third-order valence-electron chi connectivity index (χ3n) is 3.49. The van der Waals surface area contributed by atoms with Gasteiger partial charge in [-0.25, -0.2) is 0 Å². The number of benzene rings is 1. The highest BCUT2D eigenvalue weighted by Crippen LogP contribution is 2.18. The first-order chi connectivity index (χ1) is 10.5. The maximum absolute atomic E-state index is 12.0. The molecular formula is C15H20BrN3O2S. The summed E-state index contributed by atoms with van der Waals surface area (Å²) in [6.07, 6.45) is 4.08. The van der Waals surface area contributed by atoms with Gasteiger partial charge in [0.15, 0.2) is 11.2 Å². The molecule has 3 N–H and O–H groups in total. The summed E-state index contributed by atoms with van der Waals surface area (Å²) in [6, 6.07) is 7.73. The standard InChI is InChI=1S/C15H20BrN3O2S/c1-10(21-13-8-6-11(16)7-9-13)14(20)18-19-15(22)17-12-4-2-3-5-12/h6-10,12H,2-5H2,1H3,(H,18,20)(H2,17,19,22)/t10-/m1/s1. The van der Waals surface area contributed by atoms with Crippen LogP contribution in [0.3, 0.4) is 0 Å². The van der Waals surface area contributed by atoms with Gasteiger partial charge in [0.05, 0.1) is 0 Å². The molecule has 0 aliphatic heterocycles. The van der Waals surface area contributed by atoms with Crippen molar-refractivity contribution < 1.29 is 9.53 Å². The highest BCUT2D eigenvalue weighted by atomic mass is 79.9. The Morgan fingerprint density at radius 2 is 1.91 bits per heavy atom. The largest absolute Gasteiger partial charge is 0.481 e. The second-order valence-electron chi connectivity index (χ2n) is 5.28. The molecule has 1 aromatic rings. The van der Waals surface area contributed by atoms with Gasteiger partial charge in [-0.3, -0.25) is 15.6 Å². The van der Waals surface area contributed by atoms with Crippen LogP contribution in [0.4, 0.5) is 0 Å². The number of hydrogen-bond donors (Lipinski definition) is 3. The van der Waals surface area contributed by atoms with Crippen molar-refractivity contribution in [1.82, 2.24) is 16.2 Å². The van der Waals surface area contributed by atoms with E-state index in [0.29, 0.717) is 16.9 Å². The predicted molar refractivity (Wildman–Crippen MR) is 93.5 cm³/mol. The molecule has 1 aliphatic carbocycles. The Balaban J connectivity index is 1.71. The first-order valence-corrected chi connectivity index (χ1v) is 8.53. The molecule has 7 heteroatoms. The van der Waals surface area contributed by atoms with E-state index in [4.69, 9.17) is 17.0 Å². The molecule has 0 radical (unpaired) electrons. The van der Waals surface area contributed by atoms with Gasteiger partial charge in [-0.2, -0.15) is 0 Å². The predicted octanol–water partition coefficient (Wildman–Crippen LogP) is 2.65. The van der Waals surface area contributed by atoms with Gasteiger partial charge in [0.1, 0.15) is 5.75 Å². The van der Waals surface area contributed by atoms with Crippen molar-refractivity contribution >= 4 is 39.2 Å². The zero-order valence-corrected chi connectivity index (χ0v) is 14.8. The smallest absolute Gasteiger partial charge is 0.279 e. The van der Waals surface area contributed by atoms with Crippen LogP contribution in [0, 0.1) is 0 Å². The lowest BCUT2D eigenvalue weighted by Crippen LogP contribution is -2.52. The zero-order chi connectivity index (χ0) is 15.9. The Morgan fingerprint density at radius 3 is 2.55 bits per heavy atom. The van der Waals surface area contributed by atoms with Crippen molar-refractivity contribution in [1.29, 1.82) is 0 Å². The van der Waals surface area contributed by atoms with Gasteiger partial charge in [0, 0.05) is 10.5 Å². The maximum atomic E-state index is 12.0. The van der Waals surface area contributed by atoms with E-state index in [1.54, 1.807) is 19.1 Å². The summed E-state index contributed by atoms with van der Waals surface area (Å²) in [7, 11) is 0. The monoisotopic (exact) mass is 385 g/mol. The number of carbonyl (C=O) groups is 1. The number of hydrogen-bond acceptors (Lipinski definition) is 3. The molecule has 0 spiro atoms. The third kappa shape index (κ3) is 5.46. The van der Waals surface area contributed by atoms with E-state index in [0.717, 1.165) is 17.3 Å². The first-order valence-electron chi connectivity index (χ1n) is 7.33. The summed E-state index contributed by atoms with van der Waals surface area (Å²) in [5.41, 5.74) is 5.28. The first kappa shape index (κ1) is 17.0. The fourth-order valence-corrected chi connectivity index (χ4v) is 2.76. The van der Waals surface area contributed by atoms with Gasteiger partial charge in [-0.15, -0.1) is 0 Å². The van der Waals surface area contributed by atoms with Crippen molar-refractivity contribution in [2.45, 2.75) is 44.8 Å². The molecule has 2 rings (SSSR count). The van der Waals surface area contributed by atoms with Crippen LogP contribution < -0.4 is 20.9 Å². The highest BCUT2D eigenvalue weighted by molar-refractivity contribution is 9.10.